The van der Waals surface area contributed by atoms with Crippen molar-refractivity contribution < 1.29 is 9.59 Å². The molecule has 1 aromatic heterocycles. The highest BCUT2D eigenvalue weighted by Crippen LogP contribution is 2.36. The normalized spacial score (nSPS) is 19.8. The van der Waals surface area contributed by atoms with Crippen molar-refractivity contribution in [2.45, 2.75) is 45.2 Å². The lowest BCUT2D eigenvalue weighted by molar-refractivity contribution is -0.135. The minimum absolute atomic E-state index is 0.00516. The lowest BCUT2D eigenvalue weighted by Gasteiger charge is -2.32. The maximum absolute atomic E-state index is 13.5. The van der Waals surface area contributed by atoms with E-state index >= 15 is 0 Å². The van der Waals surface area contributed by atoms with E-state index in [4.69, 9.17) is 0 Å². The number of benzene rings is 2. The standard InChI is InChI=1S/C27H30N4O2/c32-26(28-18-21-9-1-2-10-22(21)19-30-16-7-15-29-30)23-11-4-5-12-24(23)27(33)31-17-14-20-8-3-6-13-25(20)31/h1-3,6-10,13,15-16,23-24H,4-5,11-12,14,17-19H2,(H,28,32)/t23-,24-/m1/s1. The predicted molar refractivity (Wildman–Crippen MR) is 128 cm³/mol. The number of amides is 2. The quantitative estimate of drug-likeness (QED) is 0.629. The Hall–Kier alpha value is -3.41. The van der Waals surface area contributed by atoms with Gasteiger partial charge in [0.05, 0.1) is 12.5 Å². The Morgan fingerprint density at radius 2 is 1.70 bits per heavy atom. The van der Waals surface area contributed by atoms with Crippen molar-refractivity contribution in [3.8, 4) is 0 Å². The molecule has 1 N–H and O–H groups in total. The summed E-state index contributed by atoms with van der Waals surface area (Å²) in [5.41, 5.74) is 4.44. The van der Waals surface area contributed by atoms with Gasteiger partial charge in [0.15, 0.2) is 0 Å². The fourth-order valence-electron chi connectivity index (χ4n) is 5.27. The van der Waals surface area contributed by atoms with Crippen molar-refractivity contribution in [2.24, 2.45) is 11.8 Å². The lowest BCUT2D eigenvalue weighted by Crippen LogP contribution is -2.45. The minimum atomic E-state index is -0.266. The van der Waals surface area contributed by atoms with Crippen molar-refractivity contribution in [3.63, 3.8) is 0 Å². The van der Waals surface area contributed by atoms with Crippen LogP contribution in [-0.4, -0.2) is 28.1 Å². The molecule has 2 aromatic carbocycles. The van der Waals surface area contributed by atoms with Gasteiger partial charge in [0, 0.05) is 37.1 Å². The summed E-state index contributed by atoms with van der Waals surface area (Å²) in [5.74, 6) is -0.408. The largest absolute Gasteiger partial charge is 0.352 e. The van der Waals surface area contributed by atoms with E-state index in [0.717, 1.165) is 48.9 Å². The van der Waals surface area contributed by atoms with Crippen LogP contribution in [0.5, 0.6) is 0 Å². The first-order valence-electron chi connectivity index (χ1n) is 11.9. The van der Waals surface area contributed by atoms with E-state index in [9.17, 15) is 9.59 Å². The lowest BCUT2D eigenvalue weighted by atomic mass is 9.77. The van der Waals surface area contributed by atoms with Crippen molar-refractivity contribution in [1.29, 1.82) is 0 Å². The molecule has 0 radical (unpaired) electrons. The van der Waals surface area contributed by atoms with Crippen LogP contribution in [0.2, 0.25) is 0 Å². The second-order valence-corrected chi connectivity index (χ2v) is 9.06. The Labute approximate surface area is 194 Å². The van der Waals surface area contributed by atoms with Gasteiger partial charge >= 0.3 is 0 Å². The summed E-state index contributed by atoms with van der Waals surface area (Å²) in [6.07, 6.45) is 8.14. The van der Waals surface area contributed by atoms with Crippen LogP contribution in [0.25, 0.3) is 0 Å². The number of carbonyl (C=O) groups excluding carboxylic acids is 2. The van der Waals surface area contributed by atoms with E-state index in [1.165, 1.54) is 5.56 Å². The molecule has 6 heteroatoms. The maximum atomic E-state index is 13.5. The summed E-state index contributed by atoms with van der Waals surface area (Å²) in [6, 6.07) is 18.1. The number of hydrogen-bond donors (Lipinski definition) is 1. The first-order chi connectivity index (χ1) is 16.2. The third-order valence-electron chi connectivity index (χ3n) is 7.04. The molecule has 1 fully saturated rings. The minimum Gasteiger partial charge on any atom is -0.352 e. The van der Waals surface area contributed by atoms with Crippen molar-refractivity contribution >= 4 is 17.5 Å². The molecule has 0 spiro atoms. The van der Waals surface area contributed by atoms with Crippen LogP contribution < -0.4 is 10.2 Å². The average Bonchev–Trinajstić information content (AvgIpc) is 3.53. The second-order valence-electron chi connectivity index (χ2n) is 9.06. The van der Waals surface area contributed by atoms with Crippen LogP contribution in [-0.2, 0) is 29.1 Å². The Morgan fingerprint density at radius 3 is 2.52 bits per heavy atom. The average molecular weight is 443 g/mol. The summed E-state index contributed by atoms with van der Waals surface area (Å²) in [5, 5.41) is 7.44. The monoisotopic (exact) mass is 442 g/mol. The van der Waals surface area contributed by atoms with Crippen LogP contribution in [0.4, 0.5) is 5.69 Å². The van der Waals surface area contributed by atoms with Crippen LogP contribution in [0.1, 0.15) is 42.4 Å². The smallest absolute Gasteiger partial charge is 0.230 e. The zero-order chi connectivity index (χ0) is 22.6. The fourth-order valence-corrected chi connectivity index (χ4v) is 5.27. The molecule has 33 heavy (non-hydrogen) atoms. The summed E-state index contributed by atoms with van der Waals surface area (Å²) in [7, 11) is 0. The number of carbonyl (C=O) groups is 2. The summed E-state index contributed by atoms with van der Waals surface area (Å²) in [6.45, 7) is 1.84. The summed E-state index contributed by atoms with van der Waals surface area (Å²) in [4.78, 5) is 28.7. The highest BCUT2D eigenvalue weighted by Gasteiger charge is 2.39. The van der Waals surface area contributed by atoms with Gasteiger partial charge in [-0.3, -0.25) is 14.3 Å². The van der Waals surface area contributed by atoms with Crippen LogP contribution >= 0.6 is 0 Å². The molecular weight excluding hydrogens is 412 g/mol. The van der Waals surface area contributed by atoms with E-state index in [2.05, 4.69) is 22.5 Å². The first kappa shape index (κ1) is 21.4. The predicted octanol–water partition coefficient (Wildman–Crippen LogP) is 3.94. The molecule has 3 aromatic rings. The molecule has 0 bridgehead atoms. The van der Waals surface area contributed by atoms with Crippen LogP contribution in [0.3, 0.4) is 0 Å². The summed E-state index contributed by atoms with van der Waals surface area (Å²) < 4.78 is 1.88. The topological polar surface area (TPSA) is 67.2 Å². The Kier molecular flexibility index (Phi) is 6.24. The highest BCUT2D eigenvalue weighted by molar-refractivity contribution is 5.99. The molecule has 1 saturated carbocycles. The molecule has 2 atom stereocenters. The molecule has 5 rings (SSSR count). The van der Waals surface area contributed by atoms with Gasteiger partial charge in [-0.15, -0.1) is 0 Å². The number of aromatic nitrogens is 2. The number of nitrogens with one attached hydrogen (secondary N) is 1. The van der Waals surface area contributed by atoms with Crippen molar-refractivity contribution in [2.75, 3.05) is 11.4 Å². The molecular formula is C27H30N4O2. The Bertz CT molecular complexity index is 1120. The van der Waals surface area contributed by atoms with E-state index in [-0.39, 0.29) is 23.7 Å². The Morgan fingerprint density at radius 1 is 0.939 bits per heavy atom. The van der Waals surface area contributed by atoms with E-state index in [1.807, 2.05) is 58.2 Å². The van der Waals surface area contributed by atoms with Gasteiger partial charge in [-0.25, -0.2) is 0 Å². The number of nitrogens with zero attached hydrogens (tertiary/aromatic N) is 3. The number of hydrogen-bond acceptors (Lipinski definition) is 3. The van der Waals surface area contributed by atoms with E-state index in [0.29, 0.717) is 19.6 Å². The highest BCUT2D eigenvalue weighted by atomic mass is 16.2. The number of rotatable bonds is 6. The van der Waals surface area contributed by atoms with Crippen molar-refractivity contribution in [1.82, 2.24) is 15.1 Å². The third-order valence-corrected chi connectivity index (χ3v) is 7.04. The molecule has 0 unspecified atom stereocenters. The van der Waals surface area contributed by atoms with Gasteiger partial charge in [-0.2, -0.15) is 5.10 Å². The molecule has 0 saturated heterocycles. The van der Waals surface area contributed by atoms with Crippen molar-refractivity contribution in [3.05, 3.63) is 83.7 Å². The number of anilines is 1. The Balaban J connectivity index is 1.27. The molecule has 1 aliphatic heterocycles. The molecule has 1 aliphatic carbocycles. The first-order valence-corrected chi connectivity index (χ1v) is 11.9. The maximum Gasteiger partial charge on any atom is 0.230 e. The number of para-hydroxylation sites is 1. The van der Waals surface area contributed by atoms with Crippen LogP contribution in [0, 0.1) is 11.8 Å². The molecule has 2 aliphatic rings. The van der Waals surface area contributed by atoms with E-state index < -0.39 is 0 Å². The zero-order valence-electron chi connectivity index (χ0n) is 18.8. The fraction of sp³-hybridized carbons (Fsp3) is 0.370. The van der Waals surface area contributed by atoms with Gasteiger partial charge in [0.25, 0.3) is 0 Å². The van der Waals surface area contributed by atoms with Gasteiger partial charge in [0.1, 0.15) is 0 Å². The van der Waals surface area contributed by atoms with Gasteiger partial charge in [-0.05, 0) is 48.1 Å². The zero-order valence-corrected chi connectivity index (χ0v) is 18.8. The summed E-state index contributed by atoms with van der Waals surface area (Å²) >= 11 is 0. The van der Waals surface area contributed by atoms with Gasteiger partial charge in [0.2, 0.25) is 11.8 Å². The van der Waals surface area contributed by atoms with E-state index in [1.54, 1.807) is 6.20 Å². The third kappa shape index (κ3) is 4.56. The van der Waals surface area contributed by atoms with Gasteiger partial charge < -0.3 is 10.2 Å². The SMILES string of the molecule is O=C(NCc1ccccc1Cn1cccn1)[C@@H]1CCCC[C@H]1C(=O)N1CCc2ccccc21. The molecule has 170 valence electrons. The second kappa shape index (κ2) is 9.61. The molecule has 6 nitrogen and oxygen atoms in total. The molecule has 2 heterocycles. The number of fused-ring (bicyclic) bond motifs is 1. The molecule has 2 amide bonds. The van der Waals surface area contributed by atoms with Crippen LogP contribution in [0.15, 0.2) is 67.0 Å². The van der Waals surface area contributed by atoms with Gasteiger partial charge in [-0.1, -0.05) is 55.3 Å².